The molecular formula is C23H22O3. The first kappa shape index (κ1) is 16.6. The van der Waals surface area contributed by atoms with E-state index in [0.717, 1.165) is 44.2 Å². The van der Waals surface area contributed by atoms with E-state index in [0.29, 0.717) is 5.58 Å². The highest BCUT2D eigenvalue weighted by Gasteiger charge is 2.20. The number of fused-ring (bicyclic) bond motifs is 2. The summed E-state index contributed by atoms with van der Waals surface area (Å²) in [7, 11) is 0. The van der Waals surface area contributed by atoms with Gasteiger partial charge in [-0.2, -0.15) is 0 Å². The van der Waals surface area contributed by atoms with E-state index in [1.807, 2.05) is 27.7 Å². The topological polar surface area (TPSA) is 43.4 Å². The van der Waals surface area contributed by atoms with Gasteiger partial charge in [-0.1, -0.05) is 43.7 Å². The van der Waals surface area contributed by atoms with E-state index in [9.17, 15) is 4.79 Å². The molecule has 0 aliphatic heterocycles. The number of rotatable bonds is 2. The molecular weight excluding hydrogens is 324 g/mol. The van der Waals surface area contributed by atoms with Crippen molar-refractivity contribution in [3.63, 3.8) is 0 Å². The lowest BCUT2D eigenvalue weighted by molar-refractivity contribution is 0.538. The molecule has 26 heavy (non-hydrogen) atoms. The highest BCUT2D eigenvalue weighted by Crippen LogP contribution is 2.37. The van der Waals surface area contributed by atoms with E-state index in [4.69, 9.17) is 8.83 Å². The quantitative estimate of drug-likeness (QED) is 0.403. The first-order chi connectivity index (χ1) is 12.4. The Hall–Kier alpha value is -2.81. The van der Waals surface area contributed by atoms with Gasteiger partial charge in [0.1, 0.15) is 11.2 Å². The predicted molar refractivity (Wildman–Crippen MR) is 106 cm³/mol. The van der Waals surface area contributed by atoms with Gasteiger partial charge in [0, 0.05) is 27.5 Å². The van der Waals surface area contributed by atoms with Crippen molar-refractivity contribution in [1.82, 2.24) is 0 Å². The smallest absolute Gasteiger partial charge is 0.339 e. The van der Waals surface area contributed by atoms with E-state index in [-0.39, 0.29) is 11.5 Å². The van der Waals surface area contributed by atoms with Crippen LogP contribution in [0.5, 0.6) is 0 Å². The predicted octanol–water partition coefficient (Wildman–Crippen LogP) is 6.25. The lowest BCUT2D eigenvalue weighted by atomic mass is 9.94. The molecule has 3 heteroatoms. The van der Waals surface area contributed by atoms with Crippen LogP contribution in [0.4, 0.5) is 0 Å². The summed E-state index contributed by atoms with van der Waals surface area (Å²) >= 11 is 0. The van der Waals surface area contributed by atoms with Crippen molar-refractivity contribution in [2.45, 2.75) is 40.5 Å². The van der Waals surface area contributed by atoms with Gasteiger partial charge in [-0.15, -0.1) is 0 Å². The van der Waals surface area contributed by atoms with Gasteiger partial charge >= 0.3 is 5.63 Å². The average Bonchev–Trinajstić information content (AvgIpc) is 3.01. The summed E-state index contributed by atoms with van der Waals surface area (Å²) in [6.07, 6.45) is 1.79. The van der Waals surface area contributed by atoms with Gasteiger partial charge in [-0.25, -0.2) is 4.79 Å². The Balaban J connectivity index is 2.10. The van der Waals surface area contributed by atoms with Gasteiger partial charge in [0.05, 0.1) is 6.26 Å². The monoisotopic (exact) mass is 346 g/mol. The molecule has 0 amide bonds. The molecule has 0 N–H and O–H groups in total. The molecule has 0 spiro atoms. The van der Waals surface area contributed by atoms with Crippen LogP contribution in [0.2, 0.25) is 0 Å². The molecule has 0 unspecified atom stereocenters. The van der Waals surface area contributed by atoms with E-state index in [2.05, 4.69) is 37.3 Å². The van der Waals surface area contributed by atoms with Crippen LogP contribution in [0.3, 0.4) is 0 Å². The van der Waals surface area contributed by atoms with Crippen molar-refractivity contribution in [1.29, 1.82) is 0 Å². The van der Waals surface area contributed by atoms with E-state index in [1.165, 1.54) is 5.56 Å². The fourth-order valence-corrected chi connectivity index (χ4v) is 3.80. The minimum absolute atomic E-state index is 0.118. The number of benzene rings is 2. The molecule has 2 heterocycles. The molecule has 132 valence electrons. The lowest BCUT2D eigenvalue weighted by Crippen LogP contribution is -2.12. The van der Waals surface area contributed by atoms with Crippen LogP contribution in [0.25, 0.3) is 33.1 Å². The third kappa shape index (κ3) is 2.38. The first-order valence-electron chi connectivity index (χ1n) is 8.93. The lowest BCUT2D eigenvalue weighted by Gasteiger charge is -2.12. The van der Waals surface area contributed by atoms with Crippen molar-refractivity contribution in [3.8, 4) is 11.1 Å². The molecule has 0 radical (unpaired) electrons. The van der Waals surface area contributed by atoms with Crippen molar-refractivity contribution in [2.24, 2.45) is 0 Å². The molecule has 0 atom stereocenters. The van der Waals surface area contributed by atoms with Crippen LogP contribution in [-0.2, 0) is 0 Å². The van der Waals surface area contributed by atoms with Crippen LogP contribution < -0.4 is 5.63 Å². The Kier molecular flexibility index (Phi) is 3.76. The fourth-order valence-electron chi connectivity index (χ4n) is 3.80. The Labute approximate surface area is 152 Å². The van der Waals surface area contributed by atoms with Crippen LogP contribution in [0, 0.1) is 20.8 Å². The second-order valence-electron chi connectivity index (χ2n) is 7.35. The molecule has 0 aliphatic rings. The molecule has 0 aliphatic carbocycles. The summed E-state index contributed by atoms with van der Waals surface area (Å²) < 4.78 is 11.6. The molecule has 2 aromatic heterocycles. The molecule has 3 nitrogen and oxygen atoms in total. The number of furan rings is 1. The van der Waals surface area contributed by atoms with Gasteiger partial charge in [0.2, 0.25) is 0 Å². The van der Waals surface area contributed by atoms with Crippen molar-refractivity contribution in [3.05, 3.63) is 69.3 Å². The Morgan fingerprint density at radius 2 is 1.58 bits per heavy atom. The second-order valence-corrected chi connectivity index (χ2v) is 7.35. The van der Waals surface area contributed by atoms with Gasteiger partial charge < -0.3 is 8.83 Å². The standard InChI is InChI=1S/C23H22O3/c1-12(2)20-14(4)17-10-18-19(16-8-6-13(3)7-9-16)11-25-21(18)15(5)22(17)26-23(20)24/h6-12H,1-5H3. The Bertz CT molecular complexity index is 1190. The van der Waals surface area contributed by atoms with Crippen molar-refractivity contribution < 1.29 is 8.83 Å². The van der Waals surface area contributed by atoms with Crippen LogP contribution in [0.15, 0.2) is 50.2 Å². The Morgan fingerprint density at radius 1 is 0.885 bits per heavy atom. The zero-order valence-corrected chi connectivity index (χ0v) is 15.8. The number of hydrogen-bond donors (Lipinski definition) is 0. The maximum absolute atomic E-state index is 12.4. The molecule has 4 rings (SSSR count). The Morgan fingerprint density at radius 3 is 2.23 bits per heavy atom. The summed E-state index contributed by atoms with van der Waals surface area (Å²) in [6, 6.07) is 10.5. The maximum atomic E-state index is 12.4. The third-order valence-corrected chi connectivity index (χ3v) is 5.21. The van der Waals surface area contributed by atoms with E-state index >= 15 is 0 Å². The summed E-state index contributed by atoms with van der Waals surface area (Å²) in [6.45, 7) is 10.1. The molecule has 0 saturated heterocycles. The molecule has 0 saturated carbocycles. The highest BCUT2D eigenvalue weighted by molar-refractivity contribution is 6.04. The summed E-state index contributed by atoms with van der Waals surface area (Å²) in [5, 5.41) is 2.03. The van der Waals surface area contributed by atoms with Gasteiger partial charge in [0.15, 0.2) is 0 Å². The molecule has 0 bridgehead atoms. The van der Waals surface area contributed by atoms with E-state index in [1.54, 1.807) is 6.26 Å². The second kappa shape index (κ2) is 5.87. The zero-order valence-electron chi connectivity index (χ0n) is 15.8. The van der Waals surface area contributed by atoms with Crippen molar-refractivity contribution >= 4 is 21.9 Å². The van der Waals surface area contributed by atoms with E-state index < -0.39 is 0 Å². The normalized spacial score (nSPS) is 11.8. The SMILES string of the molecule is Cc1ccc(-c2coc3c(C)c4oc(=O)c(C(C)C)c(C)c4cc23)cc1. The van der Waals surface area contributed by atoms with Crippen LogP contribution >= 0.6 is 0 Å². The summed E-state index contributed by atoms with van der Waals surface area (Å²) in [4.78, 5) is 12.4. The highest BCUT2D eigenvalue weighted by atomic mass is 16.4. The summed E-state index contributed by atoms with van der Waals surface area (Å²) in [5.74, 6) is 0.118. The minimum atomic E-state index is -0.252. The zero-order chi connectivity index (χ0) is 18.6. The van der Waals surface area contributed by atoms with Crippen LogP contribution in [0.1, 0.15) is 42.0 Å². The molecule has 2 aromatic carbocycles. The fraction of sp³-hybridized carbons (Fsp3) is 0.261. The van der Waals surface area contributed by atoms with Gasteiger partial charge in [0.25, 0.3) is 0 Å². The van der Waals surface area contributed by atoms with Gasteiger partial charge in [-0.3, -0.25) is 0 Å². The number of aryl methyl sites for hydroxylation is 3. The average molecular weight is 346 g/mol. The first-order valence-corrected chi connectivity index (χ1v) is 8.93. The number of hydrogen-bond acceptors (Lipinski definition) is 3. The largest absolute Gasteiger partial charge is 0.463 e. The van der Waals surface area contributed by atoms with Crippen LogP contribution in [-0.4, -0.2) is 0 Å². The maximum Gasteiger partial charge on any atom is 0.339 e. The molecule has 0 fully saturated rings. The van der Waals surface area contributed by atoms with Crippen molar-refractivity contribution in [2.75, 3.05) is 0 Å². The molecule has 4 aromatic rings. The van der Waals surface area contributed by atoms with Gasteiger partial charge in [-0.05, 0) is 43.9 Å². The summed E-state index contributed by atoms with van der Waals surface area (Å²) in [5.41, 5.74) is 7.14. The third-order valence-electron chi connectivity index (χ3n) is 5.21. The minimum Gasteiger partial charge on any atom is -0.463 e.